The van der Waals surface area contributed by atoms with Crippen molar-refractivity contribution in [2.75, 3.05) is 0 Å². The molecule has 0 spiro atoms. The van der Waals surface area contributed by atoms with Gasteiger partial charge >= 0.3 is 20.1 Å². The Morgan fingerprint density at radius 3 is 2.40 bits per heavy atom. The van der Waals surface area contributed by atoms with Crippen molar-refractivity contribution in [3.8, 4) is 0 Å². The van der Waals surface area contributed by atoms with E-state index in [0.717, 1.165) is 5.52 Å². The standard InChI is InChI=1S/C13H9N.Ir/c1-2-6-12-10(4-1)7-8-11-5-3-9-14-13(11)12;/h1-9H;/q;+3. The summed E-state index contributed by atoms with van der Waals surface area (Å²) >= 11 is 0. The molecule has 0 unspecified atom stereocenters. The summed E-state index contributed by atoms with van der Waals surface area (Å²) in [5.74, 6) is 0. The van der Waals surface area contributed by atoms with E-state index in [2.05, 4.69) is 47.4 Å². The van der Waals surface area contributed by atoms with Gasteiger partial charge in [-0.25, -0.2) is 0 Å². The third-order valence-corrected chi connectivity index (χ3v) is 2.50. The molecule has 0 aliphatic heterocycles. The van der Waals surface area contributed by atoms with E-state index in [1.165, 1.54) is 16.2 Å². The van der Waals surface area contributed by atoms with Gasteiger partial charge in [0.15, 0.2) is 0 Å². The van der Waals surface area contributed by atoms with Gasteiger partial charge in [-0.05, 0) is 11.5 Å². The quantitative estimate of drug-likeness (QED) is 0.552. The molecule has 2 heteroatoms. The summed E-state index contributed by atoms with van der Waals surface area (Å²) in [4.78, 5) is 4.41. The van der Waals surface area contributed by atoms with Crippen LogP contribution in [-0.4, -0.2) is 4.98 Å². The van der Waals surface area contributed by atoms with Crippen LogP contribution in [-0.2, 0) is 20.1 Å². The molecule has 0 N–H and O–H groups in total. The zero-order valence-corrected chi connectivity index (χ0v) is 10.4. The van der Waals surface area contributed by atoms with Crippen LogP contribution in [0.3, 0.4) is 0 Å². The molecule has 2 aromatic carbocycles. The van der Waals surface area contributed by atoms with Crippen LogP contribution in [0.5, 0.6) is 0 Å². The van der Waals surface area contributed by atoms with Crippen LogP contribution >= 0.6 is 0 Å². The topological polar surface area (TPSA) is 12.9 Å². The first kappa shape index (κ1) is 10.3. The molecule has 0 saturated carbocycles. The van der Waals surface area contributed by atoms with Gasteiger partial charge in [-0.15, -0.1) is 0 Å². The second-order valence-electron chi connectivity index (χ2n) is 3.36. The molecule has 0 aliphatic carbocycles. The maximum atomic E-state index is 4.41. The molecular weight excluding hydrogens is 362 g/mol. The van der Waals surface area contributed by atoms with Crippen LogP contribution in [0.1, 0.15) is 0 Å². The smallest absolute Gasteiger partial charge is 0.256 e. The van der Waals surface area contributed by atoms with Crippen molar-refractivity contribution in [1.82, 2.24) is 4.98 Å². The summed E-state index contributed by atoms with van der Waals surface area (Å²) in [6.07, 6.45) is 1.84. The van der Waals surface area contributed by atoms with Crippen molar-refractivity contribution in [1.29, 1.82) is 0 Å². The van der Waals surface area contributed by atoms with Gasteiger partial charge in [0.1, 0.15) is 0 Å². The third kappa shape index (κ3) is 1.67. The van der Waals surface area contributed by atoms with Gasteiger partial charge in [-0.3, -0.25) is 4.98 Å². The Morgan fingerprint density at radius 1 is 0.733 bits per heavy atom. The average Bonchev–Trinajstić information content (AvgIpc) is 2.29. The first-order valence-corrected chi connectivity index (χ1v) is 4.68. The molecule has 1 aromatic heterocycles. The molecule has 15 heavy (non-hydrogen) atoms. The van der Waals surface area contributed by atoms with Gasteiger partial charge in [-0.1, -0.05) is 42.5 Å². The van der Waals surface area contributed by atoms with E-state index in [9.17, 15) is 0 Å². The molecule has 72 valence electrons. The Bertz CT molecular complexity index is 550. The van der Waals surface area contributed by atoms with Crippen LogP contribution in [0.25, 0.3) is 21.7 Å². The fourth-order valence-corrected chi connectivity index (χ4v) is 1.81. The van der Waals surface area contributed by atoms with E-state index < -0.39 is 0 Å². The van der Waals surface area contributed by atoms with Crippen LogP contribution < -0.4 is 0 Å². The fraction of sp³-hybridized carbons (Fsp3) is 0. The van der Waals surface area contributed by atoms with Crippen molar-refractivity contribution in [3.05, 3.63) is 54.7 Å². The number of nitrogens with zero attached hydrogens (tertiary/aromatic N) is 1. The summed E-state index contributed by atoms with van der Waals surface area (Å²) in [7, 11) is 0. The second-order valence-corrected chi connectivity index (χ2v) is 3.36. The molecular formula is C13H9IrN+3. The number of aromatic nitrogens is 1. The summed E-state index contributed by atoms with van der Waals surface area (Å²) in [6.45, 7) is 0. The van der Waals surface area contributed by atoms with Gasteiger partial charge < -0.3 is 0 Å². The van der Waals surface area contributed by atoms with Crippen molar-refractivity contribution in [2.24, 2.45) is 0 Å². The minimum atomic E-state index is 0. The summed E-state index contributed by atoms with van der Waals surface area (Å²) in [6, 6.07) is 16.7. The van der Waals surface area contributed by atoms with E-state index >= 15 is 0 Å². The third-order valence-electron chi connectivity index (χ3n) is 2.50. The van der Waals surface area contributed by atoms with Crippen LogP contribution in [0.2, 0.25) is 0 Å². The number of benzene rings is 2. The predicted octanol–water partition coefficient (Wildman–Crippen LogP) is 3.39. The molecule has 3 aromatic rings. The average molecular weight is 371 g/mol. The van der Waals surface area contributed by atoms with E-state index in [1.807, 2.05) is 12.3 Å². The minimum absolute atomic E-state index is 0. The number of hydrogen-bond donors (Lipinski definition) is 0. The van der Waals surface area contributed by atoms with Gasteiger partial charge in [0.25, 0.3) is 0 Å². The normalized spacial score (nSPS) is 10.1. The summed E-state index contributed by atoms with van der Waals surface area (Å²) in [5, 5.41) is 3.68. The fourth-order valence-electron chi connectivity index (χ4n) is 1.81. The van der Waals surface area contributed by atoms with Crippen LogP contribution in [0.15, 0.2) is 54.7 Å². The molecule has 0 saturated heterocycles. The first-order chi connectivity index (χ1) is 6.95. The summed E-state index contributed by atoms with van der Waals surface area (Å²) in [5.41, 5.74) is 1.09. The van der Waals surface area contributed by atoms with E-state index in [-0.39, 0.29) is 20.1 Å². The summed E-state index contributed by atoms with van der Waals surface area (Å²) < 4.78 is 0. The van der Waals surface area contributed by atoms with Crippen molar-refractivity contribution in [2.45, 2.75) is 0 Å². The van der Waals surface area contributed by atoms with Crippen molar-refractivity contribution < 1.29 is 20.1 Å². The zero-order valence-electron chi connectivity index (χ0n) is 7.98. The number of fused-ring (bicyclic) bond motifs is 3. The van der Waals surface area contributed by atoms with E-state index in [1.54, 1.807) is 0 Å². The molecule has 1 heterocycles. The van der Waals surface area contributed by atoms with Gasteiger partial charge in [0, 0.05) is 17.0 Å². The zero-order chi connectivity index (χ0) is 9.38. The van der Waals surface area contributed by atoms with Gasteiger partial charge in [-0.2, -0.15) is 0 Å². The van der Waals surface area contributed by atoms with E-state index in [4.69, 9.17) is 0 Å². The Morgan fingerprint density at radius 2 is 1.47 bits per heavy atom. The molecule has 0 atom stereocenters. The van der Waals surface area contributed by atoms with Crippen LogP contribution in [0, 0.1) is 0 Å². The van der Waals surface area contributed by atoms with Gasteiger partial charge in [0.05, 0.1) is 5.52 Å². The predicted molar refractivity (Wildman–Crippen MR) is 59.2 cm³/mol. The number of pyridine rings is 1. The molecule has 0 amide bonds. The first-order valence-electron chi connectivity index (χ1n) is 4.68. The maximum absolute atomic E-state index is 4.41. The monoisotopic (exact) mass is 372 g/mol. The molecule has 0 aliphatic rings. The Kier molecular flexibility index (Phi) is 2.81. The van der Waals surface area contributed by atoms with E-state index in [0.29, 0.717) is 0 Å². The Hall–Kier alpha value is -1.24. The number of hydrogen-bond acceptors (Lipinski definition) is 1. The second kappa shape index (κ2) is 4.09. The maximum Gasteiger partial charge on any atom is 3.00 e. The van der Waals surface area contributed by atoms with Crippen LogP contribution in [0.4, 0.5) is 0 Å². The number of rotatable bonds is 0. The molecule has 0 fully saturated rings. The Labute approximate surface area is 101 Å². The van der Waals surface area contributed by atoms with Gasteiger partial charge in [0.2, 0.25) is 0 Å². The molecule has 0 radical (unpaired) electrons. The minimum Gasteiger partial charge on any atom is -0.256 e. The molecule has 1 nitrogen and oxygen atoms in total. The van der Waals surface area contributed by atoms with Crippen molar-refractivity contribution >= 4 is 21.7 Å². The Balaban J connectivity index is 0.000000853. The largest absolute Gasteiger partial charge is 3.00 e. The SMILES string of the molecule is [Ir+3].c1ccc2c(c1)ccc1cccnc12. The molecule has 3 rings (SSSR count). The molecule has 0 bridgehead atoms. The van der Waals surface area contributed by atoms with Crippen molar-refractivity contribution in [3.63, 3.8) is 0 Å².